The van der Waals surface area contributed by atoms with Gasteiger partial charge in [-0.15, -0.1) is 0 Å². The number of rotatable bonds is 7. The summed E-state index contributed by atoms with van der Waals surface area (Å²) in [7, 11) is 0. The highest BCUT2D eigenvalue weighted by Crippen LogP contribution is 2.31. The first-order valence-corrected chi connectivity index (χ1v) is 10.4. The molecule has 1 aliphatic heterocycles. The van der Waals surface area contributed by atoms with Crippen molar-refractivity contribution >= 4 is 27.5 Å². The number of aliphatic hydroxyl groups excluding tert-OH is 2. The van der Waals surface area contributed by atoms with E-state index in [1.54, 1.807) is 0 Å². The molecule has 1 unspecified atom stereocenters. The molecule has 1 atom stereocenters. The molecular formula is C21H25BrClNO3. The van der Waals surface area contributed by atoms with Crippen molar-refractivity contribution in [2.75, 3.05) is 19.6 Å². The van der Waals surface area contributed by atoms with E-state index in [0.29, 0.717) is 23.8 Å². The summed E-state index contributed by atoms with van der Waals surface area (Å²) in [5, 5.41) is 21.1. The zero-order valence-electron chi connectivity index (χ0n) is 15.2. The van der Waals surface area contributed by atoms with Crippen LogP contribution in [0.5, 0.6) is 5.75 Å². The minimum atomic E-state index is -0.602. The molecular weight excluding hydrogens is 430 g/mol. The Hall–Kier alpha value is -1.11. The van der Waals surface area contributed by atoms with Gasteiger partial charge in [0.25, 0.3) is 0 Å². The van der Waals surface area contributed by atoms with Gasteiger partial charge in [-0.05, 0) is 55.2 Å². The number of likely N-dealkylation sites (tertiary alicyclic amines) is 1. The Kier molecular flexibility index (Phi) is 7.56. The zero-order valence-corrected chi connectivity index (χ0v) is 17.5. The Morgan fingerprint density at radius 1 is 1.15 bits per heavy atom. The second kappa shape index (κ2) is 9.89. The number of hydrogen-bond donors (Lipinski definition) is 2. The molecule has 4 nitrogen and oxygen atoms in total. The molecule has 1 heterocycles. The van der Waals surface area contributed by atoms with E-state index in [0.717, 1.165) is 48.1 Å². The SMILES string of the molecule is OC1CCN(CCC(O)c2cc(Br)ccc2OCc2ccc(Cl)cc2)CC1. The maximum absolute atomic E-state index is 10.7. The van der Waals surface area contributed by atoms with Crippen LogP contribution in [0.1, 0.15) is 36.5 Å². The summed E-state index contributed by atoms with van der Waals surface area (Å²) in [4.78, 5) is 2.29. The molecule has 2 aromatic carbocycles. The smallest absolute Gasteiger partial charge is 0.125 e. The van der Waals surface area contributed by atoms with Crippen molar-refractivity contribution < 1.29 is 14.9 Å². The summed E-state index contributed by atoms with van der Waals surface area (Å²) in [5.74, 6) is 0.690. The maximum atomic E-state index is 10.7. The summed E-state index contributed by atoms with van der Waals surface area (Å²) in [6.07, 6.45) is 1.47. The Morgan fingerprint density at radius 2 is 1.85 bits per heavy atom. The van der Waals surface area contributed by atoms with Crippen LogP contribution in [0.25, 0.3) is 0 Å². The average molecular weight is 455 g/mol. The third-order valence-corrected chi connectivity index (χ3v) is 5.66. The van der Waals surface area contributed by atoms with Crippen molar-refractivity contribution in [2.24, 2.45) is 0 Å². The third-order valence-electron chi connectivity index (χ3n) is 4.91. The monoisotopic (exact) mass is 453 g/mol. The van der Waals surface area contributed by atoms with E-state index in [9.17, 15) is 10.2 Å². The van der Waals surface area contributed by atoms with Gasteiger partial charge >= 0.3 is 0 Å². The Labute approximate surface area is 173 Å². The molecule has 0 saturated carbocycles. The molecule has 27 heavy (non-hydrogen) atoms. The molecule has 6 heteroatoms. The molecule has 0 amide bonds. The molecule has 1 saturated heterocycles. The molecule has 2 N–H and O–H groups in total. The first-order valence-electron chi connectivity index (χ1n) is 9.26. The number of ether oxygens (including phenoxy) is 1. The lowest BCUT2D eigenvalue weighted by Gasteiger charge is -2.30. The van der Waals surface area contributed by atoms with Crippen LogP contribution in [-0.2, 0) is 6.61 Å². The Bertz CT molecular complexity index is 733. The van der Waals surface area contributed by atoms with Crippen LogP contribution in [0.2, 0.25) is 5.02 Å². The predicted octanol–water partition coefficient (Wildman–Crippen LogP) is 4.56. The summed E-state index contributed by atoms with van der Waals surface area (Å²) < 4.78 is 6.89. The number of benzene rings is 2. The second-order valence-electron chi connectivity index (χ2n) is 6.97. The molecule has 0 radical (unpaired) electrons. The van der Waals surface area contributed by atoms with E-state index >= 15 is 0 Å². The first-order chi connectivity index (χ1) is 13.0. The lowest BCUT2D eigenvalue weighted by atomic mass is 10.0. The van der Waals surface area contributed by atoms with Gasteiger partial charge in [-0.3, -0.25) is 0 Å². The molecule has 1 aliphatic rings. The number of piperidine rings is 1. The van der Waals surface area contributed by atoms with Crippen LogP contribution in [-0.4, -0.2) is 40.9 Å². The van der Waals surface area contributed by atoms with Crippen molar-refractivity contribution in [3.63, 3.8) is 0 Å². The average Bonchev–Trinajstić information content (AvgIpc) is 2.67. The van der Waals surface area contributed by atoms with Crippen LogP contribution >= 0.6 is 27.5 Å². The highest BCUT2D eigenvalue weighted by Gasteiger charge is 2.20. The first kappa shape index (κ1) is 20.6. The van der Waals surface area contributed by atoms with E-state index < -0.39 is 6.10 Å². The number of hydrogen-bond acceptors (Lipinski definition) is 4. The van der Waals surface area contributed by atoms with Gasteiger partial charge in [-0.25, -0.2) is 0 Å². The van der Waals surface area contributed by atoms with Crippen LogP contribution in [0.4, 0.5) is 0 Å². The summed E-state index contributed by atoms with van der Waals surface area (Å²) >= 11 is 9.41. The molecule has 1 fully saturated rings. The third kappa shape index (κ3) is 6.19. The molecule has 3 rings (SSSR count). The lowest BCUT2D eigenvalue weighted by Crippen LogP contribution is -2.36. The van der Waals surface area contributed by atoms with Crippen molar-refractivity contribution in [2.45, 2.75) is 38.1 Å². The Balaban J connectivity index is 1.61. The molecule has 0 spiro atoms. The van der Waals surface area contributed by atoms with Crippen LogP contribution < -0.4 is 4.74 Å². The predicted molar refractivity (Wildman–Crippen MR) is 111 cm³/mol. The summed E-state index contributed by atoms with van der Waals surface area (Å²) in [6, 6.07) is 13.3. The van der Waals surface area contributed by atoms with Crippen molar-refractivity contribution in [3.8, 4) is 5.75 Å². The topological polar surface area (TPSA) is 52.9 Å². The number of aliphatic hydroxyl groups is 2. The molecule has 0 aliphatic carbocycles. The second-order valence-corrected chi connectivity index (χ2v) is 8.33. The fourth-order valence-electron chi connectivity index (χ4n) is 3.26. The van der Waals surface area contributed by atoms with Gasteiger partial charge < -0.3 is 19.8 Å². The van der Waals surface area contributed by atoms with Crippen LogP contribution in [0.3, 0.4) is 0 Å². The van der Waals surface area contributed by atoms with Crippen LogP contribution in [0.15, 0.2) is 46.9 Å². The van der Waals surface area contributed by atoms with Crippen molar-refractivity contribution in [1.29, 1.82) is 0 Å². The van der Waals surface area contributed by atoms with Crippen molar-refractivity contribution in [1.82, 2.24) is 4.90 Å². The van der Waals surface area contributed by atoms with Gasteiger partial charge in [0.1, 0.15) is 12.4 Å². The highest BCUT2D eigenvalue weighted by molar-refractivity contribution is 9.10. The van der Waals surface area contributed by atoms with E-state index in [2.05, 4.69) is 20.8 Å². The van der Waals surface area contributed by atoms with E-state index in [-0.39, 0.29) is 6.10 Å². The minimum absolute atomic E-state index is 0.177. The number of nitrogens with zero attached hydrogens (tertiary/aromatic N) is 1. The summed E-state index contributed by atoms with van der Waals surface area (Å²) in [6.45, 7) is 2.98. The van der Waals surface area contributed by atoms with E-state index in [1.165, 1.54) is 0 Å². The van der Waals surface area contributed by atoms with Crippen LogP contribution in [0, 0.1) is 0 Å². The highest BCUT2D eigenvalue weighted by atomic mass is 79.9. The van der Waals surface area contributed by atoms with Gasteiger partial charge in [-0.2, -0.15) is 0 Å². The largest absolute Gasteiger partial charge is 0.489 e. The zero-order chi connectivity index (χ0) is 19.2. The standard InChI is InChI=1S/C21H25BrClNO3/c22-16-3-6-21(27-14-15-1-4-17(23)5-2-15)19(13-16)20(26)9-12-24-10-7-18(25)8-11-24/h1-6,13,18,20,25-26H,7-12,14H2. The minimum Gasteiger partial charge on any atom is -0.489 e. The Morgan fingerprint density at radius 3 is 2.56 bits per heavy atom. The summed E-state index contributed by atoms with van der Waals surface area (Å²) in [5.41, 5.74) is 1.81. The van der Waals surface area contributed by atoms with Gasteiger partial charge in [0.05, 0.1) is 12.2 Å². The molecule has 146 valence electrons. The number of halogens is 2. The van der Waals surface area contributed by atoms with Gasteiger partial charge in [0.15, 0.2) is 0 Å². The van der Waals surface area contributed by atoms with Gasteiger partial charge in [0, 0.05) is 34.7 Å². The molecule has 0 aromatic heterocycles. The van der Waals surface area contributed by atoms with E-state index in [4.69, 9.17) is 16.3 Å². The quantitative estimate of drug-likeness (QED) is 0.644. The maximum Gasteiger partial charge on any atom is 0.125 e. The molecule has 2 aromatic rings. The lowest BCUT2D eigenvalue weighted by molar-refractivity contribution is 0.0706. The molecule has 0 bridgehead atoms. The normalized spacial score (nSPS) is 17.0. The van der Waals surface area contributed by atoms with Gasteiger partial charge in [-0.1, -0.05) is 39.7 Å². The fourth-order valence-corrected chi connectivity index (χ4v) is 3.76. The van der Waals surface area contributed by atoms with Gasteiger partial charge in [0.2, 0.25) is 0 Å². The fraction of sp³-hybridized carbons (Fsp3) is 0.429. The van der Waals surface area contributed by atoms with Crippen molar-refractivity contribution in [3.05, 3.63) is 63.1 Å². The van der Waals surface area contributed by atoms with E-state index in [1.807, 2.05) is 42.5 Å².